The van der Waals surface area contributed by atoms with E-state index < -0.39 is 11.8 Å². The standard InChI is InChI=1S/C28H24N2O8S/c1-34-22-14-24(36-3)23(35-2)13-17(22)10-18(27(31)16-5-7-21-25(12-16)38-9-8-37-21)26(28(32)33)15-4-6-19-20(11-15)30-39-29-19/h4-7,11-14H,8-10H2,1-3H3,(H,32,33). The zero-order valence-corrected chi connectivity index (χ0v) is 22.2. The smallest absolute Gasteiger partial charge is 0.336 e. The van der Waals surface area contributed by atoms with Crippen LogP contribution < -0.4 is 23.7 Å². The molecule has 0 bridgehead atoms. The first kappa shape index (κ1) is 26.0. The predicted molar refractivity (Wildman–Crippen MR) is 144 cm³/mol. The van der Waals surface area contributed by atoms with Crippen molar-refractivity contribution in [1.82, 2.24) is 8.75 Å². The lowest BCUT2D eigenvalue weighted by molar-refractivity contribution is -0.130. The SMILES string of the molecule is COc1cc(OC)c(OC)cc1CC(C(=O)c1ccc2c(c1)OCCO2)=C(C(=O)O)c1ccc2nsnc2c1. The maximum absolute atomic E-state index is 14.1. The van der Waals surface area contributed by atoms with E-state index in [0.717, 1.165) is 11.7 Å². The van der Waals surface area contributed by atoms with E-state index in [1.165, 1.54) is 21.3 Å². The number of fused-ring (bicyclic) bond motifs is 2. The number of Topliss-reactive ketones (excluding diaryl/α,β-unsaturated/α-hetero) is 1. The van der Waals surface area contributed by atoms with Gasteiger partial charge >= 0.3 is 5.97 Å². The van der Waals surface area contributed by atoms with E-state index in [2.05, 4.69) is 8.75 Å². The molecule has 0 fully saturated rings. The van der Waals surface area contributed by atoms with Gasteiger partial charge in [-0.15, -0.1) is 0 Å². The number of carbonyl (C=O) groups excluding carboxylic acids is 1. The molecule has 0 spiro atoms. The summed E-state index contributed by atoms with van der Waals surface area (Å²) in [5.41, 5.74) is 2.15. The van der Waals surface area contributed by atoms with Crippen molar-refractivity contribution in [2.45, 2.75) is 6.42 Å². The summed E-state index contributed by atoms with van der Waals surface area (Å²) in [7, 11) is 4.47. The molecule has 2 heterocycles. The second-order valence-corrected chi connectivity index (χ2v) is 9.04. The topological polar surface area (TPSA) is 126 Å². The maximum atomic E-state index is 14.1. The molecule has 39 heavy (non-hydrogen) atoms. The summed E-state index contributed by atoms with van der Waals surface area (Å²) in [4.78, 5) is 26.9. The van der Waals surface area contributed by atoms with E-state index in [9.17, 15) is 14.7 Å². The van der Waals surface area contributed by atoms with Crippen molar-refractivity contribution >= 4 is 40.1 Å². The Bertz CT molecular complexity index is 1610. The number of ketones is 1. The first-order valence-electron chi connectivity index (χ1n) is 11.9. The number of methoxy groups -OCH3 is 3. The fourth-order valence-electron chi connectivity index (χ4n) is 4.43. The van der Waals surface area contributed by atoms with E-state index in [0.29, 0.717) is 64.1 Å². The molecule has 10 nitrogen and oxygen atoms in total. The van der Waals surface area contributed by atoms with Gasteiger partial charge in [-0.1, -0.05) is 6.07 Å². The molecule has 11 heteroatoms. The van der Waals surface area contributed by atoms with Gasteiger partial charge in [-0.2, -0.15) is 8.75 Å². The number of carboxylic acids is 1. The number of hydrogen-bond donors (Lipinski definition) is 1. The third-order valence-electron chi connectivity index (χ3n) is 6.29. The molecule has 0 saturated heterocycles. The van der Waals surface area contributed by atoms with Crippen LogP contribution in [0.4, 0.5) is 0 Å². The Morgan fingerprint density at radius 1 is 0.821 bits per heavy atom. The zero-order chi connectivity index (χ0) is 27.5. The van der Waals surface area contributed by atoms with Crippen molar-refractivity contribution in [3.63, 3.8) is 0 Å². The number of hydrogen-bond acceptors (Lipinski definition) is 10. The van der Waals surface area contributed by atoms with Gasteiger partial charge in [-0.3, -0.25) is 4.79 Å². The van der Waals surface area contributed by atoms with Gasteiger partial charge in [-0.05, 0) is 42.0 Å². The van der Waals surface area contributed by atoms with Gasteiger partial charge < -0.3 is 28.8 Å². The molecule has 5 rings (SSSR count). The first-order chi connectivity index (χ1) is 18.9. The second-order valence-electron chi connectivity index (χ2n) is 8.51. The van der Waals surface area contributed by atoms with Crippen molar-refractivity contribution in [3.8, 4) is 28.7 Å². The van der Waals surface area contributed by atoms with Crippen LogP contribution in [0.5, 0.6) is 28.7 Å². The lowest BCUT2D eigenvalue weighted by Gasteiger charge is -2.20. The number of aliphatic carboxylic acids is 1. The van der Waals surface area contributed by atoms with Gasteiger partial charge in [-0.25, -0.2) is 4.79 Å². The van der Waals surface area contributed by atoms with E-state index in [-0.39, 0.29) is 23.1 Å². The van der Waals surface area contributed by atoms with Gasteiger partial charge in [0, 0.05) is 29.2 Å². The normalized spacial score (nSPS) is 13.0. The number of rotatable bonds is 9. The van der Waals surface area contributed by atoms with Gasteiger partial charge in [0.05, 0.1) is 38.6 Å². The summed E-state index contributed by atoms with van der Waals surface area (Å²) in [6.07, 6.45) is -0.0776. The van der Waals surface area contributed by atoms with Crippen LogP contribution in [0.3, 0.4) is 0 Å². The second kappa shape index (κ2) is 11.0. The molecule has 3 aromatic carbocycles. The minimum absolute atomic E-state index is 0.0345. The summed E-state index contributed by atoms with van der Waals surface area (Å²) in [5.74, 6) is 0.430. The summed E-state index contributed by atoms with van der Waals surface area (Å²) >= 11 is 1.02. The van der Waals surface area contributed by atoms with E-state index in [1.807, 2.05) is 0 Å². The molecule has 1 aliphatic rings. The van der Waals surface area contributed by atoms with Crippen LogP contribution in [-0.4, -0.2) is 60.1 Å². The Labute approximate surface area is 227 Å². The average Bonchev–Trinajstić information content (AvgIpc) is 3.43. The largest absolute Gasteiger partial charge is 0.496 e. The summed E-state index contributed by atoms with van der Waals surface area (Å²) in [6, 6.07) is 13.0. The number of benzene rings is 3. The molecule has 0 aliphatic carbocycles. The van der Waals surface area contributed by atoms with E-state index >= 15 is 0 Å². The Balaban J connectivity index is 1.71. The average molecular weight is 549 g/mol. The highest BCUT2D eigenvalue weighted by Crippen LogP contribution is 2.38. The van der Waals surface area contributed by atoms with Crippen LogP contribution in [0.25, 0.3) is 16.6 Å². The third kappa shape index (κ3) is 5.08. The van der Waals surface area contributed by atoms with Crippen LogP contribution in [0.15, 0.2) is 54.1 Å². The molecule has 0 unspecified atom stereocenters. The van der Waals surface area contributed by atoms with Crippen molar-refractivity contribution < 1.29 is 38.4 Å². The molecule has 1 aromatic heterocycles. The van der Waals surface area contributed by atoms with Crippen LogP contribution in [0.1, 0.15) is 21.5 Å². The molecule has 1 N–H and O–H groups in total. The van der Waals surface area contributed by atoms with Gasteiger partial charge in [0.1, 0.15) is 30.0 Å². The maximum Gasteiger partial charge on any atom is 0.336 e. The molecule has 1 aliphatic heterocycles. The molecule has 0 amide bonds. The third-order valence-corrected chi connectivity index (χ3v) is 6.85. The van der Waals surface area contributed by atoms with Crippen LogP contribution in [-0.2, 0) is 11.2 Å². The highest BCUT2D eigenvalue weighted by Gasteiger charge is 2.27. The highest BCUT2D eigenvalue weighted by molar-refractivity contribution is 7.00. The Morgan fingerprint density at radius 3 is 2.21 bits per heavy atom. The summed E-state index contributed by atoms with van der Waals surface area (Å²) in [6.45, 7) is 0.750. The quantitative estimate of drug-likeness (QED) is 0.237. The molecular formula is C28H24N2O8S. The minimum Gasteiger partial charge on any atom is -0.496 e. The lowest BCUT2D eigenvalue weighted by atomic mass is 9.88. The fraction of sp³-hybridized carbons (Fsp3) is 0.214. The number of carbonyl (C=O) groups is 2. The van der Waals surface area contributed by atoms with Crippen molar-refractivity contribution in [1.29, 1.82) is 0 Å². The van der Waals surface area contributed by atoms with Crippen molar-refractivity contribution in [3.05, 3.63) is 70.8 Å². The number of ether oxygens (including phenoxy) is 5. The molecule has 4 aromatic rings. The zero-order valence-electron chi connectivity index (χ0n) is 21.3. The van der Waals surface area contributed by atoms with Gasteiger partial charge in [0.25, 0.3) is 0 Å². The monoisotopic (exact) mass is 548 g/mol. The summed E-state index contributed by atoms with van der Waals surface area (Å²) < 4.78 is 36.1. The van der Waals surface area contributed by atoms with E-state index in [1.54, 1.807) is 48.5 Å². The van der Waals surface area contributed by atoms with Crippen molar-refractivity contribution in [2.75, 3.05) is 34.5 Å². The predicted octanol–water partition coefficient (Wildman–Crippen LogP) is 4.45. The van der Waals surface area contributed by atoms with Crippen molar-refractivity contribution in [2.24, 2.45) is 0 Å². The van der Waals surface area contributed by atoms with Gasteiger partial charge in [0.2, 0.25) is 0 Å². The number of aromatic nitrogens is 2. The van der Waals surface area contributed by atoms with Crippen LogP contribution >= 0.6 is 11.7 Å². The minimum atomic E-state index is -1.27. The molecule has 0 radical (unpaired) electrons. The number of allylic oxidation sites excluding steroid dienone is 1. The molecular weight excluding hydrogens is 524 g/mol. The van der Waals surface area contributed by atoms with Gasteiger partial charge in [0.15, 0.2) is 28.8 Å². The Hall–Kier alpha value is -4.64. The first-order valence-corrected chi connectivity index (χ1v) is 12.6. The number of carboxylic acid groups (broad SMARTS) is 1. The van der Waals surface area contributed by atoms with Crippen LogP contribution in [0, 0.1) is 0 Å². The molecule has 0 atom stereocenters. The number of nitrogens with zero attached hydrogens (tertiary/aromatic N) is 2. The highest BCUT2D eigenvalue weighted by atomic mass is 32.1. The van der Waals surface area contributed by atoms with E-state index in [4.69, 9.17) is 23.7 Å². The van der Waals surface area contributed by atoms with Crippen LogP contribution in [0.2, 0.25) is 0 Å². The Morgan fingerprint density at radius 2 is 1.49 bits per heavy atom. The Kier molecular flexibility index (Phi) is 7.33. The lowest BCUT2D eigenvalue weighted by Crippen LogP contribution is -2.17. The molecule has 200 valence electrons. The summed E-state index contributed by atoms with van der Waals surface area (Å²) in [5, 5.41) is 10.4. The fourth-order valence-corrected chi connectivity index (χ4v) is 4.94. The molecule has 0 saturated carbocycles.